The highest BCUT2D eigenvalue weighted by molar-refractivity contribution is 6.10. The Kier molecular flexibility index (Phi) is 6.67. The zero-order valence-corrected chi connectivity index (χ0v) is 18.7. The Bertz CT molecular complexity index is 887. The van der Waals surface area contributed by atoms with Crippen LogP contribution in [0.1, 0.15) is 100.0 Å². The Labute approximate surface area is 174 Å². The first-order chi connectivity index (χ1) is 13.4. The molecule has 29 heavy (non-hydrogen) atoms. The van der Waals surface area contributed by atoms with Crippen molar-refractivity contribution >= 4 is 5.78 Å². The number of hydrogen-bond acceptors (Lipinski definition) is 4. The maximum Gasteiger partial charge on any atom is 0.193 e. The summed E-state index contributed by atoms with van der Waals surface area (Å²) in [6.07, 6.45) is 1.27. The van der Waals surface area contributed by atoms with Crippen LogP contribution in [0, 0.1) is 4.91 Å². The third kappa shape index (κ3) is 4.75. The summed E-state index contributed by atoms with van der Waals surface area (Å²) in [7, 11) is 0. The van der Waals surface area contributed by atoms with E-state index in [1.165, 1.54) is 0 Å². The number of benzene rings is 2. The first-order valence-corrected chi connectivity index (χ1v) is 10.3. The lowest BCUT2D eigenvalue weighted by atomic mass is 9.73. The minimum absolute atomic E-state index is 0.152. The molecule has 2 aromatic rings. The van der Waals surface area contributed by atoms with Gasteiger partial charge >= 0.3 is 0 Å². The highest BCUT2D eigenvalue weighted by Gasteiger charge is 2.35. The molecule has 0 amide bonds. The highest BCUT2D eigenvalue weighted by Crippen LogP contribution is 2.46. The van der Waals surface area contributed by atoms with E-state index in [-0.39, 0.29) is 16.9 Å². The van der Waals surface area contributed by atoms with Crippen LogP contribution in [0.4, 0.5) is 0 Å². The van der Waals surface area contributed by atoms with E-state index in [2.05, 4.69) is 5.18 Å². The molecule has 1 atom stereocenters. The number of nitroso groups, excluding NO2 is 1. The fourth-order valence-electron chi connectivity index (χ4n) is 3.82. The maximum absolute atomic E-state index is 13.5. The normalized spacial score (nSPS) is 13.2. The summed E-state index contributed by atoms with van der Waals surface area (Å²) in [6, 6.07) is 10.1. The first kappa shape index (κ1) is 22.8. The fourth-order valence-corrected chi connectivity index (χ4v) is 3.82. The van der Waals surface area contributed by atoms with Crippen LogP contribution in [0.2, 0.25) is 0 Å². The van der Waals surface area contributed by atoms with Crippen molar-refractivity contribution in [1.29, 1.82) is 0 Å². The summed E-state index contributed by atoms with van der Waals surface area (Å²) < 4.78 is 0. The Hall–Kier alpha value is -2.49. The van der Waals surface area contributed by atoms with E-state index in [0.717, 1.165) is 6.42 Å². The summed E-state index contributed by atoms with van der Waals surface area (Å²) in [5.41, 5.74) is 2.08. The average molecular weight is 396 g/mol. The average Bonchev–Trinajstić information content (AvgIpc) is 2.64. The number of phenolic OH excluding ortho intramolecular Hbond substituents is 1. The molecule has 0 aliphatic carbocycles. The molecular formula is C25H33NO3. The zero-order chi connectivity index (χ0) is 22.0. The van der Waals surface area contributed by atoms with Gasteiger partial charge in [-0.2, -0.15) is 4.91 Å². The lowest BCUT2D eigenvalue weighted by molar-refractivity contribution is 0.103. The van der Waals surface area contributed by atoms with Gasteiger partial charge in [0.15, 0.2) is 5.78 Å². The topological polar surface area (TPSA) is 66.7 Å². The van der Waals surface area contributed by atoms with Crippen LogP contribution in [0.3, 0.4) is 0 Å². The number of carbonyl (C=O) groups is 1. The summed E-state index contributed by atoms with van der Waals surface area (Å²) in [5, 5.41) is 14.7. The first-order valence-electron chi connectivity index (χ1n) is 10.3. The molecule has 0 saturated carbocycles. The van der Waals surface area contributed by atoms with Gasteiger partial charge < -0.3 is 5.11 Å². The van der Waals surface area contributed by atoms with Gasteiger partial charge in [-0.15, -0.1) is 0 Å². The summed E-state index contributed by atoms with van der Waals surface area (Å²) in [6.45, 7) is 14.0. The van der Waals surface area contributed by atoms with Gasteiger partial charge in [0.05, 0.1) is 0 Å². The molecule has 2 aromatic carbocycles. The van der Waals surface area contributed by atoms with E-state index < -0.39 is 11.5 Å². The van der Waals surface area contributed by atoms with E-state index in [9.17, 15) is 14.8 Å². The van der Waals surface area contributed by atoms with Gasteiger partial charge in [0, 0.05) is 22.3 Å². The monoisotopic (exact) mass is 395 g/mol. The van der Waals surface area contributed by atoms with E-state index in [1.807, 2.05) is 66.7 Å². The van der Waals surface area contributed by atoms with E-state index in [0.29, 0.717) is 34.2 Å². The van der Waals surface area contributed by atoms with Gasteiger partial charge in [0.1, 0.15) is 11.8 Å². The standard InChI is InChI=1S/C25H33NO3/c1-8-12-19(26-29)20-17(22(27)16-13-10-9-11-14-16)15-18(24(2,3)4)23(28)21(20)25(5,6)7/h9-11,13-15,19,28H,8,12H2,1-7H3. The van der Waals surface area contributed by atoms with Crippen LogP contribution in [-0.2, 0) is 10.8 Å². The number of aromatic hydroxyl groups is 1. The number of ketones is 1. The SMILES string of the molecule is CCCC(N=O)c1c(C(=O)c2ccccc2)cc(C(C)(C)C)c(O)c1C(C)(C)C. The number of phenols is 1. The van der Waals surface area contributed by atoms with Crippen molar-refractivity contribution in [3.05, 3.63) is 69.1 Å². The fraction of sp³-hybridized carbons (Fsp3) is 0.480. The van der Waals surface area contributed by atoms with E-state index >= 15 is 0 Å². The number of hydrogen-bond donors (Lipinski definition) is 1. The third-order valence-corrected chi connectivity index (χ3v) is 5.20. The number of nitrogens with zero attached hydrogens (tertiary/aromatic N) is 1. The van der Waals surface area contributed by atoms with Gasteiger partial charge in [0.2, 0.25) is 0 Å². The molecule has 156 valence electrons. The van der Waals surface area contributed by atoms with Crippen LogP contribution >= 0.6 is 0 Å². The van der Waals surface area contributed by atoms with Crippen molar-refractivity contribution in [1.82, 2.24) is 0 Å². The Balaban J connectivity index is 2.98. The minimum Gasteiger partial charge on any atom is -0.507 e. The van der Waals surface area contributed by atoms with Gasteiger partial charge in [0.25, 0.3) is 0 Å². The highest BCUT2D eigenvalue weighted by atomic mass is 16.3. The van der Waals surface area contributed by atoms with Gasteiger partial charge in [-0.1, -0.05) is 90.4 Å². The Morgan fingerprint density at radius 1 is 1.03 bits per heavy atom. The lowest BCUT2D eigenvalue weighted by Crippen LogP contribution is -2.23. The maximum atomic E-state index is 13.5. The second kappa shape index (κ2) is 8.48. The van der Waals surface area contributed by atoms with Crippen molar-refractivity contribution < 1.29 is 9.90 Å². The second-order valence-corrected chi connectivity index (χ2v) is 9.71. The van der Waals surface area contributed by atoms with Crippen LogP contribution in [0.15, 0.2) is 41.6 Å². The van der Waals surface area contributed by atoms with Crippen LogP contribution in [-0.4, -0.2) is 10.9 Å². The molecule has 2 rings (SSSR count). The molecule has 0 heterocycles. The Morgan fingerprint density at radius 2 is 1.62 bits per heavy atom. The second-order valence-electron chi connectivity index (χ2n) is 9.71. The lowest BCUT2D eigenvalue weighted by Gasteiger charge is -2.32. The predicted molar refractivity (Wildman–Crippen MR) is 119 cm³/mol. The molecule has 4 heteroatoms. The minimum atomic E-state index is -0.684. The largest absolute Gasteiger partial charge is 0.507 e. The molecule has 0 aliphatic heterocycles. The summed E-state index contributed by atoms with van der Waals surface area (Å²) >= 11 is 0. The molecule has 0 saturated heterocycles. The molecule has 0 radical (unpaired) electrons. The smallest absolute Gasteiger partial charge is 0.193 e. The molecular weight excluding hydrogens is 362 g/mol. The van der Waals surface area contributed by atoms with Crippen molar-refractivity contribution in [2.24, 2.45) is 5.18 Å². The quantitative estimate of drug-likeness (QED) is 0.431. The number of rotatable bonds is 6. The summed E-state index contributed by atoms with van der Waals surface area (Å²) in [5.74, 6) is 0.00992. The van der Waals surface area contributed by atoms with Crippen LogP contribution in [0.5, 0.6) is 5.75 Å². The molecule has 0 aromatic heterocycles. The molecule has 0 spiro atoms. The van der Waals surface area contributed by atoms with Gasteiger partial charge in [-0.25, -0.2) is 0 Å². The van der Waals surface area contributed by atoms with Crippen molar-refractivity contribution in [2.75, 3.05) is 0 Å². The molecule has 0 bridgehead atoms. The molecule has 1 unspecified atom stereocenters. The molecule has 4 nitrogen and oxygen atoms in total. The zero-order valence-electron chi connectivity index (χ0n) is 18.7. The summed E-state index contributed by atoms with van der Waals surface area (Å²) in [4.78, 5) is 25.4. The van der Waals surface area contributed by atoms with Crippen molar-refractivity contribution in [3.8, 4) is 5.75 Å². The predicted octanol–water partition coefficient (Wildman–Crippen LogP) is 6.83. The molecule has 0 fully saturated rings. The van der Waals surface area contributed by atoms with Crippen molar-refractivity contribution in [3.63, 3.8) is 0 Å². The van der Waals surface area contributed by atoms with Crippen molar-refractivity contribution in [2.45, 2.75) is 78.2 Å². The van der Waals surface area contributed by atoms with Gasteiger partial charge in [-0.05, 0) is 28.9 Å². The van der Waals surface area contributed by atoms with E-state index in [1.54, 1.807) is 18.2 Å². The van der Waals surface area contributed by atoms with E-state index in [4.69, 9.17) is 0 Å². The van der Waals surface area contributed by atoms with Crippen LogP contribution in [0.25, 0.3) is 0 Å². The number of carbonyl (C=O) groups excluding carboxylic acids is 1. The molecule has 1 N–H and O–H groups in total. The van der Waals surface area contributed by atoms with Crippen LogP contribution < -0.4 is 0 Å². The molecule has 0 aliphatic rings. The van der Waals surface area contributed by atoms with Gasteiger partial charge in [-0.3, -0.25) is 4.79 Å². The third-order valence-electron chi connectivity index (χ3n) is 5.20. The Morgan fingerprint density at radius 3 is 2.07 bits per heavy atom.